The summed E-state index contributed by atoms with van der Waals surface area (Å²) in [7, 11) is 0. The minimum atomic E-state index is -0.841. The normalized spacial score (nSPS) is 14.2. The first-order valence-electron chi connectivity index (χ1n) is 8.55. The number of piperidine rings is 1. The molecular weight excluding hydrogens is 340 g/mol. The summed E-state index contributed by atoms with van der Waals surface area (Å²) in [5, 5.41) is 2.98. The maximum Gasteiger partial charge on any atom is 0.404 e. The topological polar surface area (TPSA) is 67.6 Å². The molecule has 0 unspecified atom stereocenters. The fraction of sp³-hybridized carbons (Fsp3) is 0.316. The first kappa shape index (κ1) is 18.0. The molecule has 0 atom stereocenters. The van der Waals surface area contributed by atoms with Crippen LogP contribution in [0.15, 0.2) is 36.4 Å². The summed E-state index contributed by atoms with van der Waals surface area (Å²) in [4.78, 5) is 12.4. The quantitative estimate of drug-likeness (QED) is 0.833. The van der Waals surface area contributed by atoms with Gasteiger partial charge in [0.25, 0.3) is 0 Å². The Morgan fingerprint density at radius 2 is 1.65 bits per heavy atom. The highest BCUT2D eigenvalue weighted by atomic mass is 19.1. The Labute approximate surface area is 150 Å². The summed E-state index contributed by atoms with van der Waals surface area (Å²) in [6.07, 6.45) is 2.15. The van der Waals surface area contributed by atoms with Gasteiger partial charge in [-0.05, 0) is 49.1 Å². The number of primary amides is 1. The summed E-state index contributed by atoms with van der Waals surface area (Å²) in [6, 6.07) is 9.54. The Balaban J connectivity index is 1.71. The van der Waals surface area contributed by atoms with Gasteiger partial charge >= 0.3 is 6.09 Å². The lowest BCUT2D eigenvalue weighted by Crippen LogP contribution is -2.31. The SMILES string of the molecule is NC(=O)OCc1ccc(Nc2cc(F)c(N3CCCCC3)c(F)c2)cc1. The Bertz CT molecular complexity index is 752. The number of nitrogens with two attached hydrogens (primary N) is 1. The number of halogens is 2. The number of amides is 1. The molecule has 2 aromatic rings. The monoisotopic (exact) mass is 361 g/mol. The van der Waals surface area contributed by atoms with Gasteiger partial charge in [-0.3, -0.25) is 0 Å². The van der Waals surface area contributed by atoms with Gasteiger partial charge < -0.3 is 20.7 Å². The van der Waals surface area contributed by atoms with Crippen molar-refractivity contribution in [3.8, 4) is 0 Å². The van der Waals surface area contributed by atoms with Crippen LogP contribution in [0.2, 0.25) is 0 Å². The van der Waals surface area contributed by atoms with Crippen LogP contribution in [0.3, 0.4) is 0 Å². The van der Waals surface area contributed by atoms with Crippen molar-refractivity contribution in [2.75, 3.05) is 23.3 Å². The predicted molar refractivity (Wildman–Crippen MR) is 96.5 cm³/mol. The van der Waals surface area contributed by atoms with Crippen molar-refractivity contribution in [2.45, 2.75) is 25.9 Å². The molecule has 7 heteroatoms. The Kier molecular flexibility index (Phi) is 5.55. The van der Waals surface area contributed by atoms with Gasteiger partial charge in [-0.2, -0.15) is 0 Å². The van der Waals surface area contributed by atoms with E-state index in [9.17, 15) is 13.6 Å². The minimum Gasteiger partial charge on any atom is -0.445 e. The third-order valence-corrected chi connectivity index (χ3v) is 4.31. The fourth-order valence-corrected chi connectivity index (χ4v) is 3.06. The van der Waals surface area contributed by atoms with Gasteiger partial charge in [0.1, 0.15) is 12.3 Å². The second kappa shape index (κ2) is 8.03. The van der Waals surface area contributed by atoms with Gasteiger partial charge in [0.15, 0.2) is 11.6 Å². The predicted octanol–water partition coefficient (Wildman–Crippen LogP) is 4.29. The van der Waals surface area contributed by atoms with Crippen molar-refractivity contribution in [3.05, 3.63) is 53.6 Å². The van der Waals surface area contributed by atoms with E-state index in [1.807, 2.05) is 0 Å². The lowest BCUT2D eigenvalue weighted by molar-refractivity contribution is 0.150. The van der Waals surface area contributed by atoms with Crippen molar-refractivity contribution >= 4 is 23.2 Å². The van der Waals surface area contributed by atoms with Crippen LogP contribution in [0, 0.1) is 11.6 Å². The molecule has 138 valence electrons. The second-order valence-electron chi connectivity index (χ2n) is 6.27. The number of nitrogens with one attached hydrogen (secondary N) is 1. The van der Waals surface area contributed by atoms with E-state index in [1.54, 1.807) is 29.2 Å². The average Bonchev–Trinajstić information content (AvgIpc) is 2.61. The highest BCUT2D eigenvalue weighted by Gasteiger charge is 2.20. The van der Waals surface area contributed by atoms with E-state index in [0.29, 0.717) is 24.5 Å². The zero-order valence-electron chi connectivity index (χ0n) is 14.3. The van der Waals surface area contributed by atoms with Crippen molar-refractivity contribution in [2.24, 2.45) is 5.73 Å². The number of carbonyl (C=O) groups excluding carboxylic acids is 1. The molecule has 1 aliphatic rings. The number of benzene rings is 2. The second-order valence-corrected chi connectivity index (χ2v) is 6.27. The molecule has 1 fully saturated rings. The van der Waals surface area contributed by atoms with Gasteiger partial charge in [-0.15, -0.1) is 0 Å². The van der Waals surface area contributed by atoms with Gasteiger partial charge in [0.05, 0.1) is 0 Å². The van der Waals surface area contributed by atoms with Gasteiger partial charge in [-0.25, -0.2) is 13.6 Å². The lowest BCUT2D eigenvalue weighted by Gasteiger charge is -2.29. The van der Waals surface area contributed by atoms with Crippen LogP contribution in [0.4, 0.5) is 30.6 Å². The van der Waals surface area contributed by atoms with Gasteiger partial charge in [-0.1, -0.05) is 12.1 Å². The lowest BCUT2D eigenvalue weighted by atomic mass is 10.1. The molecule has 26 heavy (non-hydrogen) atoms. The largest absolute Gasteiger partial charge is 0.445 e. The first-order valence-corrected chi connectivity index (χ1v) is 8.55. The van der Waals surface area contributed by atoms with E-state index in [0.717, 1.165) is 24.8 Å². The van der Waals surface area contributed by atoms with Crippen molar-refractivity contribution in [1.82, 2.24) is 0 Å². The minimum absolute atomic E-state index is 0.0502. The van der Waals surface area contributed by atoms with E-state index in [-0.39, 0.29) is 12.3 Å². The highest BCUT2D eigenvalue weighted by molar-refractivity contribution is 5.65. The molecule has 1 saturated heterocycles. The molecule has 0 radical (unpaired) electrons. The summed E-state index contributed by atoms with van der Waals surface area (Å²) >= 11 is 0. The average molecular weight is 361 g/mol. The van der Waals surface area contributed by atoms with Crippen LogP contribution in [-0.4, -0.2) is 19.2 Å². The molecule has 0 spiro atoms. The van der Waals surface area contributed by atoms with Crippen LogP contribution in [0.1, 0.15) is 24.8 Å². The van der Waals surface area contributed by atoms with E-state index in [1.165, 1.54) is 12.1 Å². The number of anilines is 3. The van der Waals surface area contributed by atoms with Gasteiger partial charge in [0.2, 0.25) is 0 Å². The zero-order valence-corrected chi connectivity index (χ0v) is 14.3. The molecule has 0 saturated carbocycles. The third kappa shape index (κ3) is 4.41. The number of nitrogens with zero attached hydrogens (tertiary/aromatic N) is 1. The van der Waals surface area contributed by atoms with Crippen molar-refractivity contribution < 1.29 is 18.3 Å². The van der Waals surface area contributed by atoms with Crippen molar-refractivity contribution in [1.29, 1.82) is 0 Å². The third-order valence-electron chi connectivity index (χ3n) is 4.31. The Morgan fingerprint density at radius 1 is 1.04 bits per heavy atom. The van der Waals surface area contributed by atoms with E-state index < -0.39 is 17.7 Å². The number of rotatable bonds is 5. The number of carbonyl (C=O) groups is 1. The Hall–Kier alpha value is -2.83. The Morgan fingerprint density at radius 3 is 2.23 bits per heavy atom. The fourth-order valence-electron chi connectivity index (χ4n) is 3.06. The number of ether oxygens (including phenoxy) is 1. The highest BCUT2D eigenvalue weighted by Crippen LogP contribution is 2.30. The molecule has 1 heterocycles. The number of hydrogen-bond donors (Lipinski definition) is 2. The maximum absolute atomic E-state index is 14.5. The van der Waals surface area contributed by atoms with Crippen LogP contribution in [0.5, 0.6) is 0 Å². The molecule has 2 aromatic carbocycles. The van der Waals surface area contributed by atoms with Crippen LogP contribution in [-0.2, 0) is 11.3 Å². The zero-order chi connectivity index (χ0) is 18.5. The van der Waals surface area contributed by atoms with E-state index in [2.05, 4.69) is 5.32 Å². The first-order chi connectivity index (χ1) is 12.5. The standard InChI is InChI=1S/C19H21F2N3O2/c20-16-10-15(11-17(21)18(16)24-8-2-1-3-9-24)23-14-6-4-13(5-7-14)12-26-19(22)25/h4-7,10-11,23H,1-3,8-9,12H2,(H2,22,25). The van der Waals surface area contributed by atoms with Gasteiger partial charge in [0, 0.05) is 24.5 Å². The molecular formula is C19H21F2N3O2. The summed E-state index contributed by atoms with van der Waals surface area (Å²) in [5.41, 5.74) is 6.72. The van der Waals surface area contributed by atoms with E-state index in [4.69, 9.17) is 10.5 Å². The van der Waals surface area contributed by atoms with Crippen LogP contribution in [0.25, 0.3) is 0 Å². The molecule has 3 rings (SSSR count). The molecule has 1 aliphatic heterocycles. The summed E-state index contributed by atoms with van der Waals surface area (Å²) < 4.78 is 33.6. The summed E-state index contributed by atoms with van der Waals surface area (Å²) in [5.74, 6) is -1.14. The van der Waals surface area contributed by atoms with Crippen LogP contribution >= 0.6 is 0 Å². The molecule has 1 amide bonds. The molecule has 0 aliphatic carbocycles. The molecule has 0 bridgehead atoms. The molecule has 3 N–H and O–H groups in total. The van der Waals surface area contributed by atoms with Crippen molar-refractivity contribution in [3.63, 3.8) is 0 Å². The molecule has 0 aromatic heterocycles. The molecule has 5 nitrogen and oxygen atoms in total. The number of hydrogen-bond acceptors (Lipinski definition) is 4. The van der Waals surface area contributed by atoms with E-state index >= 15 is 0 Å². The maximum atomic E-state index is 14.5. The van der Waals surface area contributed by atoms with Crippen LogP contribution < -0.4 is 16.0 Å². The summed E-state index contributed by atoms with van der Waals surface area (Å²) in [6.45, 7) is 1.42. The smallest absolute Gasteiger partial charge is 0.404 e.